The van der Waals surface area contributed by atoms with Crippen molar-refractivity contribution < 1.29 is 13.2 Å². The number of benzene rings is 1. The van der Waals surface area contributed by atoms with Gasteiger partial charge in [0.25, 0.3) is 0 Å². The number of nitrogen functional groups attached to an aromatic ring is 1. The van der Waals surface area contributed by atoms with Crippen molar-refractivity contribution in [3.63, 3.8) is 0 Å². The number of sulfonamides is 1. The highest BCUT2D eigenvalue weighted by molar-refractivity contribution is 7.89. The number of carbonyl (C=O) groups excluding carboxylic acids is 1. The van der Waals surface area contributed by atoms with Gasteiger partial charge in [0.1, 0.15) is 0 Å². The van der Waals surface area contributed by atoms with E-state index in [4.69, 9.17) is 16.6 Å². The maximum Gasteiger partial charge on any atom is 0.248 e. The van der Waals surface area contributed by atoms with Gasteiger partial charge in [0.2, 0.25) is 15.9 Å². The zero-order valence-electron chi connectivity index (χ0n) is 9.72. The minimum Gasteiger partial charge on any atom is -0.397 e. The van der Waals surface area contributed by atoms with Crippen molar-refractivity contribution in [1.82, 2.24) is 0 Å². The Bertz CT molecular complexity index is 542. The predicted octanol–water partition coefficient (Wildman–Crippen LogP) is -0.542. The molecule has 0 aliphatic carbocycles. The van der Waals surface area contributed by atoms with Crippen molar-refractivity contribution in [2.45, 2.75) is 6.42 Å². The summed E-state index contributed by atoms with van der Waals surface area (Å²) in [5, 5.41) is 7.82. The maximum atomic E-state index is 10.9. The van der Waals surface area contributed by atoms with Crippen molar-refractivity contribution in [2.24, 2.45) is 10.9 Å². The summed E-state index contributed by atoms with van der Waals surface area (Å²) in [7, 11) is -3.44. The van der Waals surface area contributed by atoms with Crippen molar-refractivity contribution in [3.8, 4) is 0 Å². The summed E-state index contributed by atoms with van der Waals surface area (Å²) in [5.41, 5.74) is 12.1. The second kappa shape index (κ2) is 5.69. The first kappa shape index (κ1) is 14.3. The van der Waals surface area contributed by atoms with E-state index in [-0.39, 0.29) is 5.75 Å². The number of nitrogens with two attached hydrogens (primary N) is 3. The van der Waals surface area contributed by atoms with Gasteiger partial charge in [0.05, 0.1) is 17.1 Å². The van der Waals surface area contributed by atoms with Gasteiger partial charge in [0, 0.05) is 12.1 Å². The number of amides is 1. The first-order valence-electron chi connectivity index (χ1n) is 5.23. The average Bonchev–Trinajstić information content (AvgIpc) is 2.24. The van der Waals surface area contributed by atoms with E-state index in [1.165, 1.54) is 6.07 Å². The molecule has 0 aromatic heterocycles. The number of nitrogens with one attached hydrogen (secondary N) is 1. The molecule has 0 fully saturated rings. The fourth-order valence-corrected chi connectivity index (χ4v) is 1.92. The molecule has 1 aromatic rings. The van der Waals surface area contributed by atoms with E-state index >= 15 is 0 Å². The lowest BCUT2D eigenvalue weighted by Gasteiger charge is -2.09. The van der Waals surface area contributed by atoms with Crippen LogP contribution in [0.5, 0.6) is 0 Å². The average molecular weight is 272 g/mol. The van der Waals surface area contributed by atoms with Crippen molar-refractivity contribution in [2.75, 3.05) is 23.3 Å². The Morgan fingerprint density at radius 1 is 1.33 bits per heavy atom. The smallest absolute Gasteiger partial charge is 0.248 e. The monoisotopic (exact) mass is 272 g/mol. The number of rotatable bonds is 6. The fourth-order valence-electron chi connectivity index (χ4n) is 1.37. The van der Waals surface area contributed by atoms with E-state index in [0.29, 0.717) is 29.9 Å². The standard InChI is InChI=1S/C10H16N4O3S/c11-8-6-7(10(12)15)2-3-9(8)14-4-1-5-18(13,16)17/h2-3,6,14H,1,4-5,11H2,(H2,12,15)(H2,13,16,17). The molecule has 0 spiro atoms. The fraction of sp³-hybridized carbons (Fsp3) is 0.300. The van der Waals surface area contributed by atoms with Crippen LogP contribution in [0.4, 0.5) is 11.4 Å². The highest BCUT2D eigenvalue weighted by Gasteiger charge is 2.05. The molecule has 1 amide bonds. The summed E-state index contributed by atoms with van der Waals surface area (Å²) in [4.78, 5) is 10.9. The molecule has 7 nitrogen and oxygen atoms in total. The molecule has 1 rings (SSSR count). The first-order chi connectivity index (χ1) is 8.29. The zero-order valence-corrected chi connectivity index (χ0v) is 10.5. The normalized spacial score (nSPS) is 11.2. The van der Waals surface area contributed by atoms with Crippen molar-refractivity contribution in [3.05, 3.63) is 23.8 Å². The van der Waals surface area contributed by atoms with Gasteiger partial charge in [-0.25, -0.2) is 13.6 Å². The Hall–Kier alpha value is -1.80. The van der Waals surface area contributed by atoms with Crippen LogP contribution in [0.15, 0.2) is 18.2 Å². The Kier molecular flexibility index (Phi) is 4.51. The van der Waals surface area contributed by atoms with Crippen molar-refractivity contribution >= 4 is 27.3 Å². The quantitative estimate of drug-likeness (QED) is 0.406. The molecule has 0 atom stereocenters. The summed E-state index contributed by atoms with van der Waals surface area (Å²) in [6.45, 7) is 0.413. The molecule has 0 saturated heterocycles. The third-order valence-electron chi connectivity index (χ3n) is 2.26. The van der Waals surface area contributed by atoms with Crippen LogP contribution in [0.3, 0.4) is 0 Å². The summed E-state index contributed by atoms with van der Waals surface area (Å²) in [6.07, 6.45) is 0.371. The molecule has 0 heterocycles. The summed E-state index contributed by atoms with van der Waals surface area (Å²) in [5.74, 6) is -0.651. The van der Waals surface area contributed by atoms with Gasteiger partial charge in [-0.05, 0) is 24.6 Å². The summed E-state index contributed by atoms with van der Waals surface area (Å²) < 4.78 is 21.4. The number of anilines is 2. The van der Waals surface area contributed by atoms with Crippen LogP contribution in [-0.2, 0) is 10.0 Å². The van der Waals surface area contributed by atoms with Crippen LogP contribution in [-0.4, -0.2) is 26.6 Å². The molecule has 0 unspecified atom stereocenters. The first-order valence-corrected chi connectivity index (χ1v) is 6.95. The van der Waals surface area contributed by atoms with Crippen LogP contribution >= 0.6 is 0 Å². The van der Waals surface area contributed by atoms with Gasteiger partial charge in [0.15, 0.2) is 0 Å². The number of hydrogen-bond donors (Lipinski definition) is 4. The molecule has 7 N–H and O–H groups in total. The number of carbonyl (C=O) groups is 1. The van der Waals surface area contributed by atoms with E-state index in [1.807, 2.05) is 0 Å². The molecular formula is C10H16N4O3S. The molecule has 18 heavy (non-hydrogen) atoms. The van der Waals surface area contributed by atoms with Crippen LogP contribution in [0, 0.1) is 0 Å². The van der Waals surface area contributed by atoms with Crippen molar-refractivity contribution in [1.29, 1.82) is 0 Å². The molecule has 100 valence electrons. The molecule has 0 saturated carbocycles. The molecular weight excluding hydrogens is 256 g/mol. The molecule has 1 aromatic carbocycles. The Balaban J connectivity index is 2.56. The second-order valence-corrected chi connectivity index (χ2v) is 5.55. The number of hydrogen-bond acceptors (Lipinski definition) is 5. The van der Waals surface area contributed by atoms with E-state index in [9.17, 15) is 13.2 Å². The van der Waals surface area contributed by atoms with Gasteiger partial charge in [-0.15, -0.1) is 0 Å². The molecule has 0 radical (unpaired) electrons. The summed E-state index contributed by atoms with van der Waals surface area (Å²) in [6, 6.07) is 4.62. The Morgan fingerprint density at radius 3 is 2.50 bits per heavy atom. The van der Waals surface area contributed by atoms with Gasteiger partial charge >= 0.3 is 0 Å². The Morgan fingerprint density at radius 2 is 2.00 bits per heavy atom. The Labute approximate surface area is 105 Å². The molecule has 8 heteroatoms. The third-order valence-corrected chi connectivity index (χ3v) is 3.11. The molecule has 0 bridgehead atoms. The molecule has 0 aliphatic heterocycles. The second-order valence-electron chi connectivity index (χ2n) is 3.81. The van der Waals surface area contributed by atoms with E-state index in [2.05, 4.69) is 5.32 Å². The lowest BCUT2D eigenvalue weighted by atomic mass is 10.1. The van der Waals surface area contributed by atoms with Gasteiger partial charge in [-0.1, -0.05) is 0 Å². The van der Waals surface area contributed by atoms with E-state index in [1.54, 1.807) is 12.1 Å². The largest absolute Gasteiger partial charge is 0.397 e. The zero-order chi connectivity index (χ0) is 13.8. The number of primary amides is 1. The van der Waals surface area contributed by atoms with E-state index < -0.39 is 15.9 Å². The maximum absolute atomic E-state index is 10.9. The minimum atomic E-state index is -3.44. The lowest BCUT2D eigenvalue weighted by molar-refractivity contribution is 0.100. The van der Waals surface area contributed by atoms with Gasteiger partial charge < -0.3 is 16.8 Å². The molecule has 0 aliphatic rings. The summed E-state index contributed by atoms with van der Waals surface area (Å²) >= 11 is 0. The highest BCUT2D eigenvalue weighted by atomic mass is 32.2. The van der Waals surface area contributed by atoms with Gasteiger partial charge in [-0.3, -0.25) is 4.79 Å². The van der Waals surface area contributed by atoms with E-state index in [0.717, 1.165) is 0 Å². The topological polar surface area (TPSA) is 141 Å². The van der Waals surface area contributed by atoms with Crippen LogP contribution in [0.25, 0.3) is 0 Å². The third kappa shape index (κ3) is 4.60. The van der Waals surface area contributed by atoms with Crippen LogP contribution in [0.2, 0.25) is 0 Å². The highest BCUT2D eigenvalue weighted by Crippen LogP contribution is 2.19. The predicted molar refractivity (Wildman–Crippen MR) is 70.5 cm³/mol. The minimum absolute atomic E-state index is 0.0979. The van der Waals surface area contributed by atoms with Crippen LogP contribution in [0.1, 0.15) is 16.8 Å². The van der Waals surface area contributed by atoms with Crippen LogP contribution < -0.4 is 21.9 Å². The SMILES string of the molecule is NC(=O)c1ccc(NCCCS(N)(=O)=O)c(N)c1. The number of primary sulfonamides is 1. The van der Waals surface area contributed by atoms with Gasteiger partial charge in [-0.2, -0.15) is 0 Å². The lowest BCUT2D eigenvalue weighted by Crippen LogP contribution is -2.19.